The van der Waals surface area contributed by atoms with Crippen LogP contribution in [0.3, 0.4) is 0 Å². The minimum Gasteiger partial charge on any atom is -0.444 e. The number of likely N-dealkylation sites (tertiary alicyclic amines) is 1. The Kier molecular flexibility index (Phi) is 3.93. The van der Waals surface area contributed by atoms with Gasteiger partial charge < -0.3 is 4.74 Å². The summed E-state index contributed by atoms with van der Waals surface area (Å²) >= 11 is 0. The van der Waals surface area contributed by atoms with Gasteiger partial charge in [-0.15, -0.1) is 0 Å². The molecule has 1 saturated heterocycles. The van der Waals surface area contributed by atoms with Gasteiger partial charge in [-0.1, -0.05) is 18.9 Å². The second-order valence-electron chi connectivity index (χ2n) is 6.78. The molecule has 0 bridgehead atoms. The normalized spacial score (nSPS) is 26.9. The molecule has 19 heavy (non-hydrogen) atoms. The van der Waals surface area contributed by atoms with Crippen LogP contribution in [0.4, 0.5) is 4.79 Å². The lowest BCUT2D eigenvalue weighted by Gasteiger charge is -2.52. The van der Waals surface area contributed by atoms with Crippen LogP contribution < -0.4 is 0 Å². The molecule has 0 aromatic rings. The second kappa shape index (κ2) is 5.18. The Hall–Kier alpha value is -0.990. The largest absolute Gasteiger partial charge is 0.444 e. The molecule has 1 heterocycles. The molecule has 0 radical (unpaired) electrons. The average molecular weight is 265 g/mol. The standard InChI is InChI=1S/C16H27NO2/c1-6-8-12-9-7-10-13-14(12)11(2)17(13)15(18)19-16(3,4)5/h11,13H,6-10H2,1-5H3. The number of carbonyl (C=O) groups is 1. The zero-order valence-corrected chi connectivity index (χ0v) is 13.0. The zero-order chi connectivity index (χ0) is 14.2. The number of hydrogen-bond acceptors (Lipinski definition) is 2. The summed E-state index contributed by atoms with van der Waals surface area (Å²) in [6.07, 6.45) is 5.78. The Balaban J connectivity index is 2.11. The highest BCUT2D eigenvalue weighted by atomic mass is 16.6. The first-order chi connectivity index (χ1) is 8.85. The summed E-state index contributed by atoms with van der Waals surface area (Å²) in [6, 6.07) is 0.557. The van der Waals surface area contributed by atoms with Crippen molar-refractivity contribution in [3.8, 4) is 0 Å². The molecule has 0 aromatic heterocycles. The second-order valence-corrected chi connectivity index (χ2v) is 6.78. The van der Waals surface area contributed by atoms with Gasteiger partial charge in [0.2, 0.25) is 0 Å². The van der Waals surface area contributed by atoms with Crippen LogP contribution in [0, 0.1) is 0 Å². The zero-order valence-electron chi connectivity index (χ0n) is 13.0. The predicted octanol–water partition coefficient (Wildman–Crippen LogP) is 4.27. The van der Waals surface area contributed by atoms with Crippen molar-refractivity contribution >= 4 is 6.09 Å². The molecule has 108 valence electrons. The van der Waals surface area contributed by atoms with Crippen LogP contribution in [-0.4, -0.2) is 28.7 Å². The molecule has 3 nitrogen and oxygen atoms in total. The van der Waals surface area contributed by atoms with Gasteiger partial charge >= 0.3 is 6.09 Å². The van der Waals surface area contributed by atoms with E-state index in [0.29, 0.717) is 6.04 Å². The highest BCUT2D eigenvalue weighted by Gasteiger charge is 2.47. The van der Waals surface area contributed by atoms with Crippen molar-refractivity contribution in [2.24, 2.45) is 0 Å². The molecule has 0 saturated carbocycles. The van der Waals surface area contributed by atoms with Crippen molar-refractivity contribution < 1.29 is 9.53 Å². The summed E-state index contributed by atoms with van der Waals surface area (Å²) in [5, 5.41) is 0. The third kappa shape index (κ3) is 2.80. The van der Waals surface area contributed by atoms with E-state index >= 15 is 0 Å². The SMILES string of the molecule is CCCC1=C2C(C)N(C(=O)OC(C)(C)C)C2CCC1. The Morgan fingerprint density at radius 1 is 1.42 bits per heavy atom. The number of nitrogens with zero attached hydrogens (tertiary/aromatic N) is 1. The Morgan fingerprint density at radius 3 is 2.68 bits per heavy atom. The highest BCUT2D eigenvalue weighted by Crippen LogP contribution is 2.43. The van der Waals surface area contributed by atoms with E-state index in [4.69, 9.17) is 4.74 Å². The van der Waals surface area contributed by atoms with Crippen LogP contribution in [0.5, 0.6) is 0 Å². The maximum atomic E-state index is 12.3. The molecule has 0 N–H and O–H groups in total. The van der Waals surface area contributed by atoms with E-state index in [-0.39, 0.29) is 12.1 Å². The first-order valence-electron chi connectivity index (χ1n) is 7.58. The van der Waals surface area contributed by atoms with Crippen molar-refractivity contribution in [2.45, 2.75) is 84.4 Å². The van der Waals surface area contributed by atoms with Crippen LogP contribution in [0.25, 0.3) is 0 Å². The molecule has 2 unspecified atom stereocenters. The van der Waals surface area contributed by atoms with E-state index in [0.717, 1.165) is 6.42 Å². The molecule has 1 aliphatic carbocycles. The summed E-state index contributed by atoms with van der Waals surface area (Å²) in [5.74, 6) is 0. The molecule has 0 spiro atoms. The summed E-state index contributed by atoms with van der Waals surface area (Å²) in [7, 11) is 0. The fraction of sp³-hybridized carbons (Fsp3) is 0.812. The van der Waals surface area contributed by atoms with Crippen LogP contribution in [0.15, 0.2) is 11.1 Å². The van der Waals surface area contributed by atoms with E-state index < -0.39 is 5.60 Å². The molecule has 2 atom stereocenters. The maximum absolute atomic E-state index is 12.3. The van der Waals surface area contributed by atoms with Gasteiger partial charge in [0.25, 0.3) is 0 Å². The van der Waals surface area contributed by atoms with Gasteiger partial charge in [-0.3, -0.25) is 4.90 Å². The van der Waals surface area contributed by atoms with Crippen molar-refractivity contribution in [3.05, 3.63) is 11.1 Å². The number of rotatable bonds is 2. The number of allylic oxidation sites excluding steroid dienone is 1. The molecule has 2 rings (SSSR count). The Labute approximate surface area is 117 Å². The summed E-state index contributed by atoms with van der Waals surface area (Å²) in [5.41, 5.74) is 2.72. The minimum absolute atomic E-state index is 0.147. The fourth-order valence-electron chi connectivity index (χ4n) is 3.42. The molecular formula is C16H27NO2. The van der Waals surface area contributed by atoms with Gasteiger partial charge in [0.15, 0.2) is 0 Å². The lowest BCUT2D eigenvalue weighted by Crippen LogP contribution is -2.61. The Morgan fingerprint density at radius 2 is 2.11 bits per heavy atom. The van der Waals surface area contributed by atoms with Crippen molar-refractivity contribution in [3.63, 3.8) is 0 Å². The smallest absolute Gasteiger partial charge is 0.411 e. The number of fused-ring (bicyclic) bond motifs is 1. The minimum atomic E-state index is -0.406. The van der Waals surface area contributed by atoms with E-state index in [1.165, 1.54) is 31.3 Å². The highest BCUT2D eigenvalue weighted by molar-refractivity contribution is 5.73. The number of ether oxygens (including phenoxy) is 1. The third-order valence-electron chi connectivity index (χ3n) is 4.08. The topological polar surface area (TPSA) is 29.5 Å². The van der Waals surface area contributed by atoms with Crippen molar-refractivity contribution in [1.82, 2.24) is 4.90 Å². The van der Waals surface area contributed by atoms with Crippen molar-refractivity contribution in [1.29, 1.82) is 0 Å². The van der Waals surface area contributed by atoms with Crippen LogP contribution in [-0.2, 0) is 4.74 Å². The average Bonchev–Trinajstić information content (AvgIpc) is 2.25. The van der Waals surface area contributed by atoms with Crippen molar-refractivity contribution in [2.75, 3.05) is 0 Å². The Bertz CT molecular complexity index is 392. The summed E-state index contributed by atoms with van der Waals surface area (Å²) in [6.45, 7) is 10.1. The molecule has 1 amide bonds. The van der Waals surface area contributed by atoms with Gasteiger partial charge in [0.1, 0.15) is 5.60 Å². The van der Waals surface area contributed by atoms with Gasteiger partial charge in [0.05, 0.1) is 12.1 Å². The summed E-state index contributed by atoms with van der Waals surface area (Å²) < 4.78 is 5.52. The number of carbonyl (C=O) groups excluding carboxylic acids is 1. The number of hydrogen-bond donors (Lipinski definition) is 0. The van der Waals surface area contributed by atoms with Gasteiger partial charge in [-0.2, -0.15) is 0 Å². The lowest BCUT2D eigenvalue weighted by molar-refractivity contribution is -0.00738. The molecule has 1 aliphatic heterocycles. The first kappa shape index (κ1) is 14.4. The summed E-state index contributed by atoms with van der Waals surface area (Å²) in [4.78, 5) is 14.2. The first-order valence-corrected chi connectivity index (χ1v) is 7.58. The molecule has 2 aliphatic rings. The van der Waals surface area contributed by atoms with Gasteiger partial charge in [-0.05, 0) is 59.0 Å². The quantitative estimate of drug-likeness (QED) is 0.698. The molecule has 1 fully saturated rings. The van der Waals surface area contributed by atoms with Crippen LogP contribution in [0.1, 0.15) is 66.7 Å². The fourth-order valence-corrected chi connectivity index (χ4v) is 3.42. The maximum Gasteiger partial charge on any atom is 0.411 e. The van der Waals surface area contributed by atoms with E-state index in [9.17, 15) is 4.79 Å². The van der Waals surface area contributed by atoms with Crippen LogP contribution in [0.2, 0.25) is 0 Å². The molecular weight excluding hydrogens is 238 g/mol. The lowest BCUT2D eigenvalue weighted by atomic mass is 9.75. The van der Waals surface area contributed by atoms with E-state index in [1.54, 1.807) is 5.57 Å². The third-order valence-corrected chi connectivity index (χ3v) is 4.08. The number of amides is 1. The molecule has 3 heteroatoms. The van der Waals surface area contributed by atoms with E-state index in [2.05, 4.69) is 13.8 Å². The monoisotopic (exact) mass is 265 g/mol. The van der Waals surface area contributed by atoms with Gasteiger partial charge in [-0.25, -0.2) is 4.79 Å². The predicted molar refractivity (Wildman–Crippen MR) is 77.1 cm³/mol. The van der Waals surface area contributed by atoms with E-state index in [1.807, 2.05) is 25.7 Å². The van der Waals surface area contributed by atoms with Gasteiger partial charge in [0, 0.05) is 0 Å². The van der Waals surface area contributed by atoms with Crippen LogP contribution >= 0.6 is 0 Å². The molecule has 0 aromatic carbocycles.